The van der Waals surface area contributed by atoms with Crippen LogP contribution in [0.2, 0.25) is 0 Å². The molecule has 0 saturated carbocycles. The van der Waals surface area contributed by atoms with Crippen molar-refractivity contribution >= 4 is 23.1 Å². The van der Waals surface area contributed by atoms with Gasteiger partial charge < -0.3 is 14.5 Å². The van der Waals surface area contributed by atoms with E-state index < -0.39 is 0 Å². The number of amides is 1. The Bertz CT molecular complexity index is 716. The van der Waals surface area contributed by atoms with Crippen LogP contribution in [0.1, 0.15) is 43.2 Å². The van der Waals surface area contributed by atoms with Crippen molar-refractivity contribution in [1.82, 2.24) is 20.1 Å². The molecule has 2 aliphatic heterocycles. The van der Waals surface area contributed by atoms with E-state index in [0.717, 1.165) is 49.7 Å². The maximum Gasteiger partial charge on any atom is 0.261 e. The van der Waals surface area contributed by atoms with Gasteiger partial charge in [0.25, 0.3) is 5.91 Å². The molecule has 26 heavy (non-hydrogen) atoms. The number of piperidine rings is 1. The topological polar surface area (TPSA) is 71.5 Å². The van der Waals surface area contributed by atoms with Crippen molar-refractivity contribution in [1.29, 1.82) is 0 Å². The lowest BCUT2D eigenvalue weighted by atomic mass is 10.0. The molecule has 0 spiro atoms. The van der Waals surface area contributed by atoms with Gasteiger partial charge in [-0.3, -0.25) is 4.79 Å². The third-order valence-corrected chi connectivity index (χ3v) is 5.84. The number of rotatable bonds is 5. The molecular weight excluding hydrogens is 350 g/mol. The predicted molar refractivity (Wildman–Crippen MR) is 99.4 cm³/mol. The number of carbonyl (C=O) groups is 1. The van der Waals surface area contributed by atoms with Gasteiger partial charge in [-0.15, -0.1) is 21.5 Å². The highest BCUT2D eigenvalue weighted by Crippen LogP contribution is 2.32. The van der Waals surface area contributed by atoms with Crippen LogP contribution in [0.25, 0.3) is 0 Å². The quantitative estimate of drug-likeness (QED) is 0.802. The summed E-state index contributed by atoms with van der Waals surface area (Å²) in [5.41, 5.74) is 0. The predicted octanol–water partition coefficient (Wildman–Crippen LogP) is 2.67. The minimum Gasteiger partial charge on any atom is -0.466 e. The standard InChI is InChI=1S/C18H23N5O2S/c24-17(23-11-2-1-5-14(23)18-19-8-12-26-18)13-25-16-7-6-15(20-21-16)22-9-3-4-10-22/h6-8,12,14H,1-5,9-11,13H2. The third kappa shape index (κ3) is 3.80. The van der Waals surface area contributed by atoms with Crippen molar-refractivity contribution in [3.05, 3.63) is 28.7 Å². The summed E-state index contributed by atoms with van der Waals surface area (Å²) >= 11 is 1.61. The number of aromatic nitrogens is 3. The van der Waals surface area contributed by atoms with E-state index in [1.54, 1.807) is 23.6 Å². The number of hydrogen-bond donors (Lipinski definition) is 0. The van der Waals surface area contributed by atoms with Crippen LogP contribution in [0.5, 0.6) is 5.88 Å². The van der Waals surface area contributed by atoms with Gasteiger partial charge in [-0.2, -0.15) is 0 Å². The first-order valence-corrected chi connectivity index (χ1v) is 10.1. The van der Waals surface area contributed by atoms with E-state index in [-0.39, 0.29) is 18.6 Å². The van der Waals surface area contributed by atoms with Gasteiger partial charge in [0.2, 0.25) is 5.88 Å². The van der Waals surface area contributed by atoms with E-state index in [9.17, 15) is 4.79 Å². The molecule has 4 rings (SSSR count). The average molecular weight is 373 g/mol. The molecule has 2 aromatic rings. The smallest absolute Gasteiger partial charge is 0.261 e. The summed E-state index contributed by atoms with van der Waals surface area (Å²) < 4.78 is 5.60. The normalized spacial score (nSPS) is 20.4. The highest BCUT2D eigenvalue weighted by Gasteiger charge is 2.29. The van der Waals surface area contributed by atoms with Gasteiger partial charge in [0.05, 0.1) is 6.04 Å². The SMILES string of the molecule is O=C(COc1ccc(N2CCCC2)nn1)N1CCCCC1c1nccs1. The zero-order valence-corrected chi connectivity index (χ0v) is 15.5. The Labute approximate surface area is 157 Å². The monoisotopic (exact) mass is 373 g/mol. The molecule has 138 valence electrons. The molecule has 2 fully saturated rings. The first kappa shape index (κ1) is 17.2. The van der Waals surface area contributed by atoms with Crippen LogP contribution in [0, 0.1) is 0 Å². The molecule has 2 aromatic heterocycles. The molecule has 0 radical (unpaired) electrons. The first-order valence-electron chi connectivity index (χ1n) is 9.21. The molecule has 4 heterocycles. The second-order valence-corrected chi connectivity index (χ2v) is 7.61. The van der Waals surface area contributed by atoms with Gasteiger partial charge in [-0.05, 0) is 38.2 Å². The molecule has 1 unspecified atom stereocenters. The van der Waals surface area contributed by atoms with Crippen LogP contribution in [0.4, 0.5) is 5.82 Å². The lowest BCUT2D eigenvalue weighted by molar-refractivity contribution is -0.137. The van der Waals surface area contributed by atoms with Crippen molar-refractivity contribution < 1.29 is 9.53 Å². The van der Waals surface area contributed by atoms with Crippen molar-refractivity contribution in [2.24, 2.45) is 0 Å². The molecule has 0 bridgehead atoms. The van der Waals surface area contributed by atoms with Gasteiger partial charge in [0.1, 0.15) is 5.01 Å². The zero-order valence-electron chi connectivity index (χ0n) is 14.7. The fourth-order valence-electron chi connectivity index (χ4n) is 3.61. The summed E-state index contributed by atoms with van der Waals surface area (Å²) in [6.07, 6.45) is 7.31. The molecule has 0 aromatic carbocycles. The number of ether oxygens (including phenoxy) is 1. The van der Waals surface area contributed by atoms with Crippen LogP contribution in [0.15, 0.2) is 23.7 Å². The summed E-state index contributed by atoms with van der Waals surface area (Å²) in [5.74, 6) is 1.25. The number of anilines is 1. The number of hydrogen-bond acceptors (Lipinski definition) is 7. The first-order chi connectivity index (χ1) is 12.8. The minimum absolute atomic E-state index is 0.0143. The Morgan fingerprint density at radius 1 is 1.15 bits per heavy atom. The Balaban J connectivity index is 1.35. The van der Waals surface area contributed by atoms with Gasteiger partial charge in [-0.1, -0.05) is 0 Å². The molecule has 0 aliphatic carbocycles. The lowest BCUT2D eigenvalue weighted by Crippen LogP contribution is -2.41. The van der Waals surface area contributed by atoms with Crippen LogP contribution < -0.4 is 9.64 Å². The summed E-state index contributed by atoms with van der Waals surface area (Å²) in [5, 5.41) is 11.3. The van der Waals surface area contributed by atoms with Crippen molar-refractivity contribution in [2.75, 3.05) is 31.1 Å². The number of nitrogens with zero attached hydrogens (tertiary/aromatic N) is 5. The zero-order chi connectivity index (χ0) is 17.8. The van der Waals surface area contributed by atoms with Crippen LogP contribution >= 0.6 is 11.3 Å². The van der Waals surface area contributed by atoms with E-state index in [1.165, 1.54) is 12.8 Å². The summed E-state index contributed by atoms with van der Waals surface area (Å²) in [4.78, 5) is 21.2. The molecular formula is C18H23N5O2S. The van der Waals surface area contributed by atoms with Crippen molar-refractivity contribution in [2.45, 2.75) is 38.1 Å². The van der Waals surface area contributed by atoms with Crippen LogP contribution in [-0.2, 0) is 4.79 Å². The van der Waals surface area contributed by atoms with Gasteiger partial charge in [0.15, 0.2) is 12.4 Å². The van der Waals surface area contributed by atoms with Gasteiger partial charge in [0, 0.05) is 37.3 Å². The van der Waals surface area contributed by atoms with Gasteiger partial charge in [-0.25, -0.2) is 4.98 Å². The molecule has 2 saturated heterocycles. The number of thiazole rings is 1. The molecule has 8 heteroatoms. The second kappa shape index (κ2) is 7.99. The average Bonchev–Trinajstić information content (AvgIpc) is 3.40. The molecule has 1 atom stereocenters. The largest absolute Gasteiger partial charge is 0.466 e. The van der Waals surface area contributed by atoms with E-state index in [2.05, 4.69) is 20.1 Å². The fraction of sp³-hybridized carbons (Fsp3) is 0.556. The van der Waals surface area contributed by atoms with E-state index in [0.29, 0.717) is 5.88 Å². The Hall–Kier alpha value is -2.22. The summed E-state index contributed by atoms with van der Waals surface area (Å²) in [7, 11) is 0. The van der Waals surface area contributed by atoms with E-state index >= 15 is 0 Å². The van der Waals surface area contributed by atoms with Crippen LogP contribution in [-0.4, -0.2) is 52.2 Å². The Morgan fingerprint density at radius 2 is 2.00 bits per heavy atom. The number of likely N-dealkylation sites (tertiary alicyclic amines) is 1. The Kier molecular flexibility index (Phi) is 5.29. The van der Waals surface area contributed by atoms with E-state index in [1.807, 2.05) is 16.3 Å². The molecule has 7 nitrogen and oxygen atoms in total. The molecule has 0 N–H and O–H groups in total. The van der Waals surface area contributed by atoms with Crippen molar-refractivity contribution in [3.63, 3.8) is 0 Å². The third-order valence-electron chi connectivity index (χ3n) is 4.96. The highest BCUT2D eigenvalue weighted by molar-refractivity contribution is 7.09. The Morgan fingerprint density at radius 3 is 2.73 bits per heavy atom. The lowest BCUT2D eigenvalue weighted by Gasteiger charge is -2.34. The summed E-state index contributed by atoms with van der Waals surface area (Å²) in [6.45, 7) is 2.80. The fourth-order valence-corrected chi connectivity index (χ4v) is 4.39. The summed E-state index contributed by atoms with van der Waals surface area (Å²) in [6, 6.07) is 3.78. The maximum atomic E-state index is 12.7. The van der Waals surface area contributed by atoms with E-state index in [4.69, 9.17) is 4.74 Å². The molecule has 2 aliphatic rings. The van der Waals surface area contributed by atoms with Crippen molar-refractivity contribution in [3.8, 4) is 5.88 Å². The molecule has 1 amide bonds. The van der Waals surface area contributed by atoms with Gasteiger partial charge >= 0.3 is 0 Å². The maximum absolute atomic E-state index is 12.7. The minimum atomic E-state index is -0.0182. The number of carbonyl (C=O) groups excluding carboxylic acids is 1. The van der Waals surface area contributed by atoms with Crippen LogP contribution in [0.3, 0.4) is 0 Å². The highest BCUT2D eigenvalue weighted by atomic mass is 32.1. The second-order valence-electron chi connectivity index (χ2n) is 6.68.